The number of carbonyl (C=O) groups excluding carboxylic acids is 1. The molecule has 3 aromatic rings. The van der Waals surface area contributed by atoms with Gasteiger partial charge in [-0.05, 0) is 55.3 Å². The molecule has 2 aromatic carbocycles. The van der Waals surface area contributed by atoms with Gasteiger partial charge in [-0.15, -0.1) is 0 Å². The number of carbonyl (C=O) groups is 1. The van der Waals surface area contributed by atoms with Crippen molar-refractivity contribution in [2.45, 2.75) is 33.4 Å². The van der Waals surface area contributed by atoms with Gasteiger partial charge in [-0.25, -0.2) is 4.39 Å². The van der Waals surface area contributed by atoms with Crippen LogP contribution in [0, 0.1) is 19.7 Å². The molecule has 1 aromatic heterocycles. The third-order valence-corrected chi connectivity index (χ3v) is 4.58. The van der Waals surface area contributed by atoms with E-state index in [1.807, 2.05) is 30.9 Å². The Hall–Kier alpha value is -3.42. The fourth-order valence-electron chi connectivity index (χ4n) is 3.36. The lowest BCUT2D eigenvalue weighted by molar-refractivity contribution is -0.115. The number of nitrogens with one attached hydrogen (secondary N) is 1. The molecule has 0 saturated heterocycles. The third-order valence-electron chi connectivity index (χ3n) is 4.58. The number of fused-ring (bicyclic) bond motifs is 1. The molecule has 4 rings (SSSR count). The summed E-state index contributed by atoms with van der Waals surface area (Å²) in [6.45, 7) is 4.98. The quantitative estimate of drug-likeness (QED) is 0.707. The van der Waals surface area contributed by atoms with Gasteiger partial charge in [-0.1, -0.05) is 11.2 Å². The van der Waals surface area contributed by atoms with Crippen molar-refractivity contribution in [1.29, 1.82) is 0 Å². The molecule has 1 N–H and O–H groups in total. The normalized spacial score (nSPS) is 13.6. The first-order chi connectivity index (χ1) is 14.0. The Morgan fingerprint density at radius 3 is 2.79 bits per heavy atom. The Bertz CT molecular complexity index is 1030. The van der Waals surface area contributed by atoms with Crippen molar-refractivity contribution in [2.75, 3.05) is 16.8 Å². The van der Waals surface area contributed by atoms with Gasteiger partial charge in [0.05, 0.1) is 17.9 Å². The Morgan fingerprint density at radius 1 is 1.21 bits per heavy atom. The molecule has 0 fully saturated rings. The van der Waals surface area contributed by atoms with Gasteiger partial charge in [-0.2, -0.15) is 4.98 Å². The van der Waals surface area contributed by atoms with Gasteiger partial charge in [0.1, 0.15) is 11.6 Å². The SMILES string of the molecule is Cc1cc(C)cc(OCc2noc(CN3CCC(=O)Nc4cc(F)ccc43)n2)c1. The second-order valence-electron chi connectivity index (χ2n) is 7.10. The summed E-state index contributed by atoms with van der Waals surface area (Å²) in [4.78, 5) is 18.2. The highest BCUT2D eigenvalue weighted by Gasteiger charge is 2.21. The molecule has 0 unspecified atom stereocenters. The maximum Gasteiger partial charge on any atom is 0.246 e. The summed E-state index contributed by atoms with van der Waals surface area (Å²) in [5, 5.41) is 6.69. The Morgan fingerprint density at radius 2 is 2.00 bits per heavy atom. The van der Waals surface area contributed by atoms with Crippen molar-refractivity contribution in [3.8, 4) is 5.75 Å². The lowest BCUT2D eigenvalue weighted by Crippen LogP contribution is -2.24. The average Bonchev–Trinajstić information content (AvgIpc) is 3.04. The number of anilines is 2. The van der Waals surface area contributed by atoms with Gasteiger partial charge < -0.3 is 19.5 Å². The summed E-state index contributed by atoms with van der Waals surface area (Å²) in [6, 6.07) is 10.3. The minimum atomic E-state index is -0.408. The lowest BCUT2D eigenvalue weighted by Gasteiger charge is -2.22. The molecule has 0 bridgehead atoms. The van der Waals surface area contributed by atoms with E-state index in [-0.39, 0.29) is 18.9 Å². The number of halogens is 1. The van der Waals surface area contributed by atoms with Crippen LogP contribution in [0.5, 0.6) is 5.75 Å². The van der Waals surface area contributed by atoms with Gasteiger partial charge in [0.2, 0.25) is 17.6 Å². The largest absolute Gasteiger partial charge is 0.485 e. The van der Waals surface area contributed by atoms with E-state index in [0.717, 1.165) is 16.9 Å². The first-order valence-electron chi connectivity index (χ1n) is 9.33. The highest BCUT2D eigenvalue weighted by atomic mass is 19.1. The molecule has 2 heterocycles. The van der Waals surface area contributed by atoms with Crippen LogP contribution in [0.15, 0.2) is 40.9 Å². The number of aromatic nitrogens is 2. The van der Waals surface area contributed by atoms with Gasteiger partial charge in [0.15, 0.2) is 6.61 Å². The monoisotopic (exact) mass is 396 g/mol. The number of amides is 1. The molecule has 1 aliphatic heterocycles. The van der Waals surface area contributed by atoms with E-state index in [9.17, 15) is 9.18 Å². The van der Waals surface area contributed by atoms with Crippen molar-refractivity contribution in [1.82, 2.24) is 10.1 Å². The molecule has 1 amide bonds. The summed E-state index contributed by atoms with van der Waals surface area (Å²) in [5.74, 6) is 1.01. The van der Waals surface area contributed by atoms with Crippen molar-refractivity contribution in [2.24, 2.45) is 0 Å². The Balaban J connectivity index is 1.45. The second-order valence-corrected chi connectivity index (χ2v) is 7.10. The summed E-state index contributed by atoms with van der Waals surface area (Å²) < 4.78 is 24.7. The van der Waals surface area contributed by atoms with Crippen molar-refractivity contribution < 1.29 is 18.4 Å². The molecule has 0 spiro atoms. The van der Waals surface area contributed by atoms with E-state index in [0.29, 0.717) is 36.2 Å². The van der Waals surface area contributed by atoms with Crippen LogP contribution in [-0.4, -0.2) is 22.6 Å². The predicted octanol–water partition coefficient (Wildman–Crippen LogP) is 3.75. The number of hydrogen-bond donors (Lipinski definition) is 1. The molecule has 8 heteroatoms. The first kappa shape index (κ1) is 18.9. The van der Waals surface area contributed by atoms with Gasteiger partial charge >= 0.3 is 0 Å². The van der Waals surface area contributed by atoms with Crippen LogP contribution in [0.3, 0.4) is 0 Å². The molecule has 0 saturated carbocycles. The molecular formula is C21H21FN4O3. The lowest BCUT2D eigenvalue weighted by atomic mass is 10.1. The van der Waals surface area contributed by atoms with Gasteiger partial charge in [-0.3, -0.25) is 4.79 Å². The minimum absolute atomic E-state index is 0.160. The zero-order chi connectivity index (χ0) is 20.4. The summed E-state index contributed by atoms with van der Waals surface area (Å²) >= 11 is 0. The van der Waals surface area contributed by atoms with E-state index in [1.165, 1.54) is 12.1 Å². The van der Waals surface area contributed by atoms with Gasteiger partial charge in [0.25, 0.3) is 0 Å². The van der Waals surface area contributed by atoms with E-state index in [1.54, 1.807) is 6.07 Å². The molecule has 7 nitrogen and oxygen atoms in total. The van der Waals surface area contributed by atoms with Crippen molar-refractivity contribution in [3.63, 3.8) is 0 Å². The standard InChI is InChI=1S/C21H21FN4O3/c1-13-7-14(2)9-16(8-13)28-12-19-24-21(29-25-19)11-26-6-5-20(27)23-17-10-15(22)3-4-18(17)26/h3-4,7-10H,5-6,11-12H2,1-2H3,(H,23,27). The molecular weight excluding hydrogens is 375 g/mol. The number of ether oxygens (including phenoxy) is 1. The molecule has 0 radical (unpaired) electrons. The minimum Gasteiger partial charge on any atom is -0.485 e. The van der Waals surface area contributed by atoms with Crippen molar-refractivity contribution >= 4 is 17.3 Å². The summed E-state index contributed by atoms with van der Waals surface area (Å²) in [7, 11) is 0. The average molecular weight is 396 g/mol. The molecule has 0 atom stereocenters. The smallest absolute Gasteiger partial charge is 0.246 e. The van der Waals surface area contributed by atoms with E-state index in [2.05, 4.69) is 21.5 Å². The van der Waals surface area contributed by atoms with Crippen LogP contribution >= 0.6 is 0 Å². The third kappa shape index (κ3) is 4.53. The molecule has 150 valence electrons. The van der Waals surface area contributed by atoms with E-state index < -0.39 is 5.82 Å². The van der Waals surface area contributed by atoms with Crippen molar-refractivity contribution in [3.05, 3.63) is 65.1 Å². The fourth-order valence-corrected chi connectivity index (χ4v) is 3.36. The second kappa shape index (κ2) is 7.90. The predicted molar refractivity (Wildman–Crippen MR) is 105 cm³/mol. The van der Waals surface area contributed by atoms with Crippen LogP contribution in [0.2, 0.25) is 0 Å². The van der Waals surface area contributed by atoms with Crippen LogP contribution in [0.1, 0.15) is 29.3 Å². The van der Waals surface area contributed by atoms with Crippen LogP contribution in [-0.2, 0) is 17.9 Å². The van der Waals surface area contributed by atoms with Crippen LogP contribution in [0.4, 0.5) is 15.8 Å². The fraction of sp³-hybridized carbons (Fsp3) is 0.286. The van der Waals surface area contributed by atoms with E-state index in [4.69, 9.17) is 9.26 Å². The maximum atomic E-state index is 13.6. The maximum absolute atomic E-state index is 13.6. The number of hydrogen-bond acceptors (Lipinski definition) is 6. The molecule has 0 aliphatic carbocycles. The summed E-state index contributed by atoms with van der Waals surface area (Å²) in [6.07, 6.45) is 0.285. The zero-order valence-corrected chi connectivity index (χ0v) is 16.2. The molecule has 1 aliphatic rings. The Labute approximate surface area is 167 Å². The highest BCUT2D eigenvalue weighted by Crippen LogP contribution is 2.30. The Kier molecular flexibility index (Phi) is 5.16. The number of aryl methyl sites for hydroxylation is 2. The highest BCUT2D eigenvalue weighted by molar-refractivity contribution is 5.96. The number of rotatable bonds is 5. The van der Waals surface area contributed by atoms with Crippen LogP contribution < -0.4 is 15.0 Å². The molecule has 29 heavy (non-hydrogen) atoms. The number of nitrogens with zero attached hydrogens (tertiary/aromatic N) is 3. The number of benzene rings is 2. The first-order valence-corrected chi connectivity index (χ1v) is 9.33. The zero-order valence-electron chi connectivity index (χ0n) is 16.2. The van der Waals surface area contributed by atoms with Gasteiger partial charge in [0, 0.05) is 13.0 Å². The van der Waals surface area contributed by atoms with Crippen LogP contribution in [0.25, 0.3) is 0 Å². The summed E-state index contributed by atoms with van der Waals surface area (Å²) in [5.41, 5.74) is 3.38. The van der Waals surface area contributed by atoms with E-state index >= 15 is 0 Å². The topological polar surface area (TPSA) is 80.5 Å².